The zero-order chi connectivity index (χ0) is 18.5. The molecule has 0 spiro atoms. The summed E-state index contributed by atoms with van der Waals surface area (Å²) in [5, 5.41) is 6.29. The molecule has 0 saturated heterocycles. The van der Waals surface area contributed by atoms with E-state index in [2.05, 4.69) is 10.6 Å². The molecular formula is C20H21ClN2O2S. The third-order valence-electron chi connectivity index (χ3n) is 4.51. The Hall–Kier alpha value is -1.98. The SMILES string of the molecule is CSc1ccc(Cl)c(C(=O)Nc2ccc(C(=O)NC3CCCC3)cc2)c1. The predicted molar refractivity (Wildman–Crippen MR) is 107 cm³/mol. The van der Waals surface area contributed by atoms with Crippen LogP contribution in [0, 0.1) is 0 Å². The lowest BCUT2D eigenvalue weighted by molar-refractivity contribution is 0.0937. The Bertz CT molecular complexity index is 802. The fourth-order valence-corrected chi connectivity index (χ4v) is 3.69. The molecule has 2 aromatic rings. The molecule has 6 heteroatoms. The standard InChI is InChI=1S/C20H21ClN2O2S/c1-26-16-10-11-18(21)17(12-16)20(25)23-15-8-6-13(7-9-15)19(24)22-14-4-2-3-5-14/h6-12,14H,2-5H2,1H3,(H,22,24)(H,23,25). The highest BCUT2D eigenvalue weighted by atomic mass is 35.5. The second-order valence-corrected chi connectivity index (χ2v) is 7.62. The molecule has 1 aliphatic carbocycles. The van der Waals surface area contributed by atoms with Crippen molar-refractivity contribution in [1.29, 1.82) is 0 Å². The first-order valence-electron chi connectivity index (χ1n) is 8.62. The van der Waals surface area contributed by atoms with Crippen molar-refractivity contribution in [2.45, 2.75) is 36.6 Å². The van der Waals surface area contributed by atoms with E-state index < -0.39 is 0 Å². The van der Waals surface area contributed by atoms with Crippen molar-refractivity contribution in [3.8, 4) is 0 Å². The maximum Gasteiger partial charge on any atom is 0.257 e. The first kappa shape index (κ1) is 18.8. The number of thioether (sulfide) groups is 1. The van der Waals surface area contributed by atoms with Crippen LogP contribution in [-0.4, -0.2) is 24.1 Å². The van der Waals surface area contributed by atoms with Gasteiger partial charge in [-0.1, -0.05) is 24.4 Å². The van der Waals surface area contributed by atoms with Gasteiger partial charge in [-0.15, -0.1) is 11.8 Å². The number of rotatable bonds is 5. The van der Waals surface area contributed by atoms with Crippen LogP contribution in [0.4, 0.5) is 5.69 Å². The van der Waals surface area contributed by atoms with Crippen LogP contribution in [0.3, 0.4) is 0 Å². The topological polar surface area (TPSA) is 58.2 Å². The molecule has 0 aliphatic heterocycles. The summed E-state index contributed by atoms with van der Waals surface area (Å²) in [7, 11) is 0. The van der Waals surface area contributed by atoms with Crippen molar-refractivity contribution in [3.05, 3.63) is 58.6 Å². The maximum absolute atomic E-state index is 12.5. The van der Waals surface area contributed by atoms with E-state index in [1.165, 1.54) is 12.8 Å². The molecule has 0 heterocycles. The Labute approximate surface area is 162 Å². The van der Waals surface area contributed by atoms with Crippen LogP contribution in [0.5, 0.6) is 0 Å². The number of benzene rings is 2. The number of nitrogens with one attached hydrogen (secondary N) is 2. The normalized spacial score (nSPS) is 14.2. The van der Waals surface area contributed by atoms with E-state index in [1.54, 1.807) is 48.2 Å². The molecular weight excluding hydrogens is 368 g/mol. The van der Waals surface area contributed by atoms with Crippen molar-refractivity contribution < 1.29 is 9.59 Å². The van der Waals surface area contributed by atoms with E-state index >= 15 is 0 Å². The fourth-order valence-electron chi connectivity index (χ4n) is 3.05. The van der Waals surface area contributed by atoms with Gasteiger partial charge in [-0.25, -0.2) is 0 Å². The van der Waals surface area contributed by atoms with Gasteiger partial charge >= 0.3 is 0 Å². The van der Waals surface area contributed by atoms with Gasteiger partial charge in [0.1, 0.15) is 0 Å². The van der Waals surface area contributed by atoms with E-state index in [9.17, 15) is 9.59 Å². The molecule has 1 fully saturated rings. The van der Waals surface area contributed by atoms with Gasteiger partial charge < -0.3 is 10.6 Å². The minimum absolute atomic E-state index is 0.0644. The van der Waals surface area contributed by atoms with E-state index in [1.807, 2.05) is 12.3 Å². The Morgan fingerprint density at radius 2 is 1.73 bits per heavy atom. The fraction of sp³-hybridized carbons (Fsp3) is 0.300. The Kier molecular flexibility index (Phi) is 6.22. The highest BCUT2D eigenvalue weighted by molar-refractivity contribution is 7.98. The summed E-state index contributed by atoms with van der Waals surface area (Å²) in [5.74, 6) is -0.334. The van der Waals surface area contributed by atoms with Gasteiger partial charge in [0, 0.05) is 22.2 Å². The van der Waals surface area contributed by atoms with Crippen LogP contribution in [0.2, 0.25) is 5.02 Å². The third kappa shape index (κ3) is 4.59. The predicted octanol–water partition coefficient (Wildman–Crippen LogP) is 4.99. The largest absolute Gasteiger partial charge is 0.349 e. The van der Waals surface area contributed by atoms with E-state index in [-0.39, 0.29) is 17.9 Å². The van der Waals surface area contributed by atoms with Gasteiger partial charge in [0.05, 0.1) is 10.6 Å². The first-order valence-corrected chi connectivity index (χ1v) is 10.2. The molecule has 1 saturated carbocycles. The average Bonchev–Trinajstić information content (AvgIpc) is 3.15. The minimum Gasteiger partial charge on any atom is -0.349 e. The van der Waals surface area contributed by atoms with Gasteiger partial charge in [0.25, 0.3) is 11.8 Å². The smallest absolute Gasteiger partial charge is 0.257 e. The second-order valence-electron chi connectivity index (χ2n) is 6.33. The molecule has 2 N–H and O–H groups in total. The van der Waals surface area contributed by atoms with E-state index in [4.69, 9.17) is 11.6 Å². The summed E-state index contributed by atoms with van der Waals surface area (Å²) < 4.78 is 0. The van der Waals surface area contributed by atoms with Crippen LogP contribution in [0.1, 0.15) is 46.4 Å². The summed E-state index contributed by atoms with van der Waals surface area (Å²) in [4.78, 5) is 25.7. The van der Waals surface area contributed by atoms with Crippen molar-refractivity contribution in [2.75, 3.05) is 11.6 Å². The molecule has 0 atom stereocenters. The quantitative estimate of drug-likeness (QED) is 0.709. The van der Waals surface area contributed by atoms with Crippen LogP contribution in [-0.2, 0) is 0 Å². The van der Waals surface area contributed by atoms with Crippen molar-refractivity contribution >= 4 is 40.9 Å². The third-order valence-corrected chi connectivity index (χ3v) is 5.57. The lowest BCUT2D eigenvalue weighted by Crippen LogP contribution is -2.32. The Morgan fingerprint density at radius 1 is 1.04 bits per heavy atom. The molecule has 2 aromatic carbocycles. The van der Waals surface area contributed by atoms with Gasteiger partial charge in [-0.2, -0.15) is 0 Å². The Balaban J connectivity index is 1.65. The van der Waals surface area contributed by atoms with E-state index in [0.717, 1.165) is 17.7 Å². The maximum atomic E-state index is 12.5. The molecule has 0 bridgehead atoms. The van der Waals surface area contributed by atoms with Gasteiger partial charge in [-0.05, 0) is 61.6 Å². The van der Waals surface area contributed by atoms with Crippen LogP contribution < -0.4 is 10.6 Å². The molecule has 0 aromatic heterocycles. The molecule has 3 rings (SSSR count). The number of anilines is 1. The average molecular weight is 389 g/mol. The van der Waals surface area contributed by atoms with Gasteiger partial charge in [-0.3, -0.25) is 9.59 Å². The number of hydrogen-bond donors (Lipinski definition) is 2. The molecule has 0 unspecified atom stereocenters. The molecule has 2 amide bonds. The second kappa shape index (κ2) is 8.60. The van der Waals surface area contributed by atoms with Gasteiger partial charge in [0.15, 0.2) is 0 Å². The monoisotopic (exact) mass is 388 g/mol. The van der Waals surface area contributed by atoms with E-state index in [0.29, 0.717) is 21.8 Å². The highest BCUT2D eigenvalue weighted by Gasteiger charge is 2.18. The van der Waals surface area contributed by atoms with Gasteiger partial charge in [0.2, 0.25) is 0 Å². The van der Waals surface area contributed by atoms with Crippen LogP contribution in [0.25, 0.3) is 0 Å². The first-order chi connectivity index (χ1) is 12.6. The van der Waals surface area contributed by atoms with Crippen LogP contribution in [0.15, 0.2) is 47.4 Å². The zero-order valence-corrected chi connectivity index (χ0v) is 16.1. The molecule has 0 radical (unpaired) electrons. The lowest BCUT2D eigenvalue weighted by atomic mass is 10.1. The molecule has 4 nitrogen and oxygen atoms in total. The lowest BCUT2D eigenvalue weighted by Gasteiger charge is -2.12. The number of amides is 2. The number of carbonyl (C=O) groups is 2. The summed E-state index contributed by atoms with van der Waals surface area (Å²) in [6, 6.07) is 12.6. The number of carbonyl (C=O) groups excluding carboxylic acids is 2. The minimum atomic E-state index is -0.269. The summed E-state index contributed by atoms with van der Waals surface area (Å²) in [6.45, 7) is 0. The van der Waals surface area contributed by atoms with Crippen molar-refractivity contribution in [3.63, 3.8) is 0 Å². The molecule has 26 heavy (non-hydrogen) atoms. The highest BCUT2D eigenvalue weighted by Crippen LogP contribution is 2.24. The van der Waals surface area contributed by atoms with Crippen LogP contribution >= 0.6 is 23.4 Å². The number of hydrogen-bond acceptors (Lipinski definition) is 3. The van der Waals surface area contributed by atoms with Crippen molar-refractivity contribution in [2.24, 2.45) is 0 Å². The number of halogens is 1. The molecule has 1 aliphatic rings. The summed E-state index contributed by atoms with van der Waals surface area (Å²) in [6.07, 6.45) is 6.40. The Morgan fingerprint density at radius 3 is 2.38 bits per heavy atom. The summed E-state index contributed by atoms with van der Waals surface area (Å²) in [5.41, 5.74) is 1.65. The zero-order valence-electron chi connectivity index (χ0n) is 14.5. The summed E-state index contributed by atoms with van der Waals surface area (Å²) >= 11 is 7.69. The van der Waals surface area contributed by atoms with Crippen molar-refractivity contribution in [1.82, 2.24) is 5.32 Å². The molecule has 136 valence electrons.